The highest BCUT2D eigenvalue weighted by atomic mass is 19.1. The van der Waals surface area contributed by atoms with Gasteiger partial charge in [0.2, 0.25) is 5.91 Å². The molecule has 2 amide bonds. The molecular formula is C14H18FN3O2. The Labute approximate surface area is 117 Å². The first-order valence-electron chi connectivity index (χ1n) is 6.54. The number of halogens is 1. The molecule has 1 aliphatic rings. The van der Waals surface area contributed by atoms with Gasteiger partial charge in [-0.3, -0.25) is 9.59 Å². The van der Waals surface area contributed by atoms with Crippen molar-refractivity contribution in [2.75, 3.05) is 26.7 Å². The van der Waals surface area contributed by atoms with Gasteiger partial charge in [0.25, 0.3) is 5.91 Å². The zero-order valence-electron chi connectivity index (χ0n) is 11.6. The molecule has 0 bridgehead atoms. The zero-order valence-corrected chi connectivity index (χ0v) is 11.6. The fourth-order valence-corrected chi connectivity index (χ4v) is 2.29. The van der Waals surface area contributed by atoms with E-state index in [9.17, 15) is 14.0 Å². The van der Waals surface area contributed by atoms with Crippen LogP contribution in [0, 0.1) is 12.7 Å². The van der Waals surface area contributed by atoms with Crippen molar-refractivity contribution in [2.45, 2.75) is 13.0 Å². The number of carbonyl (C=O) groups is 2. The predicted octanol–water partition coefficient (Wildman–Crippen LogP) is 0.294. The normalized spacial score (nSPS) is 18.8. The van der Waals surface area contributed by atoms with Crippen molar-refractivity contribution >= 4 is 11.8 Å². The Balaban J connectivity index is 2.25. The Hall–Kier alpha value is -1.95. The quantitative estimate of drug-likeness (QED) is 0.818. The fraction of sp³-hybridized carbons (Fsp3) is 0.429. The van der Waals surface area contributed by atoms with Crippen molar-refractivity contribution in [2.24, 2.45) is 0 Å². The third-order valence-corrected chi connectivity index (χ3v) is 3.46. The summed E-state index contributed by atoms with van der Waals surface area (Å²) < 4.78 is 13.3. The molecule has 2 N–H and O–H groups in total. The van der Waals surface area contributed by atoms with Gasteiger partial charge in [0.05, 0.1) is 0 Å². The van der Waals surface area contributed by atoms with E-state index in [1.165, 1.54) is 23.1 Å². The number of carbonyl (C=O) groups excluding carboxylic acids is 2. The van der Waals surface area contributed by atoms with Crippen LogP contribution in [0.1, 0.15) is 15.9 Å². The molecular weight excluding hydrogens is 261 g/mol. The van der Waals surface area contributed by atoms with Crippen LogP contribution in [-0.2, 0) is 4.79 Å². The number of piperazine rings is 1. The molecule has 1 aromatic rings. The lowest BCUT2D eigenvalue weighted by Gasteiger charge is -2.35. The summed E-state index contributed by atoms with van der Waals surface area (Å²) in [6, 6.07) is 3.71. The molecule has 0 aromatic heterocycles. The van der Waals surface area contributed by atoms with Gasteiger partial charge in [0.1, 0.15) is 11.9 Å². The van der Waals surface area contributed by atoms with Crippen molar-refractivity contribution < 1.29 is 14.0 Å². The molecule has 1 aromatic carbocycles. The number of nitrogens with one attached hydrogen (secondary N) is 2. The highest BCUT2D eigenvalue weighted by Gasteiger charge is 2.32. The Morgan fingerprint density at radius 2 is 2.20 bits per heavy atom. The summed E-state index contributed by atoms with van der Waals surface area (Å²) in [7, 11) is 1.54. The maximum atomic E-state index is 13.3. The highest BCUT2D eigenvalue weighted by molar-refractivity contribution is 5.98. The molecule has 1 aliphatic heterocycles. The molecule has 0 saturated carbocycles. The number of rotatable bonds is 2. The van der Waals surface area contributed by atoms with Crippen LogP contribution in [0.3, 0.4) is 0 Å². The minimum absolute atomic E-state index is 0.204. The second-order valence-electron chi connectivity index (χ2n) is 4.80. The molecule has 0 aliphatic carbocycles. The van der Waals surface area contributed by atoms with E-state index >= 15 is 0 Å². The second-order valence-corrected chi connectivity index (χ2v) is 4.80. The average Bonchev–Trinajstić information content (AvgIpc) is 2.48. The Kier molecular flexibility index (Phi) is 4.34. The van der Waals surface area contributed by atoms with Crippen molar-refractivity contribution in [3.05, 3.63) is 35.1 Å². The summed E-state index contributed by atoms with van der Waals surface area (Å²) in [6.07, 6.45) is 0. The monoisotopic (exact) mass is 279 g/mol. The molecule has 20 heavy (non-hydrogen) atoms. The van der Waals surface area contributed by atoms with Crippen LogP contribution in [0.2, 0.25) is 0 Å². The van der Waals surface area contributed by atoms with Crippen LogP contribution in [0.5, 0.6) is 0 Å². The Morgan fingerprint density at radius 3 is 2.85 bits per heavy atom. The third kappa shape index (κ3) is 2.80. The molecule has 1 heterocycles. The van der Waals surface area contributed by atoms with E-state index in [0.29, 0.717) is 30.8 Å². The van der Waals surface area contributed by atoms with E-state index < -0.39 is 6.04 Å². The fourth-order valence-electron chi connectivity index (χ4n) is 2.29. The first-order valence-corrected chi connectivity index (χ1v) is 6.54. The largest absolute Gasteiger partial charge is 0.357 e. The Bertz CT molecular complexity index is 533. The van der Waals surface area contributed by atoms with Crippen LogP contribution >= 0.6 is 0 Å². The molecule has 6 heteroatoms. The summed E-state index contributed by atoms with van der Waals surface area (Å²) >= 11 is 0. The summed E-state index contributed by atoms with van der Waals surface area (Å²) in [5, 5.41) is 5.65. The van der Waals surface area contributed by atoms with Gasteiger partial charge >= 0.3 is 0 Å². The van der Waals surface area contributed by atoms with Crippen LogP contribution in [-0.4, -0.2) is 49.4 Å². The van der Waals surface area contributed by atoms with Crippen molar-refractivity contribution in [1.82, 2.24) is 15.5 Å². The van der Waals surface area contributed by atoms with E-state index in [1.54, 1.807) is 14.0 Å². The van der Waals surface area contributed by atoms with Crippen LogP contribution in [0.4, 0.5) is 4.39 Å². The third-order valence-electron chi connectivity index (χ3n) is 3.46. The molecule has 1 atom stereocenters. The van der Waals surface area contributed by atoms with E-state index in [2.05, 4.69) is 10.6 Å². The van der Waals surface area contributed by atoms with E-state index in [0.717, 1.165) is 0 Å². The van der Waals surface area contributed by atoms with Crippen LogP contribution < -0.4 is 10.6 Å². The van der Waals surface area contributed by atoms with Crippen molar-refractivity contribution in [1.29, 1.82) is 0 Å². The number of benzene rings is 1. The van der Waals surface area contributed by atoms with Crippen molar-refractivity contribution in [3.8, 4) is 0 Å². The number of aryl methyl sites for hydroxylation is 1. The van der Waals surface area contributed by atoms with E-state index in [-0.39, 0.29) is 17.6 Å². The number of hydrogen-bond acceptors (Lipinski definition) is 3. The van der Waals surface area contributed by atoms with E-state index in [1.807, 2.05) is 0 Å². The SMILES string of the molecule is CNC(=O)C1CNCCN1C(=O)c1ccc(F)c(C)c1. The topological polar surface area (TPSA) is 61.4 Å². The minimum Gasteiger partial charge on any atom is -0.357 e. The maximum absolute atomic E-state index is 13.3. The van der Waals surface area contributed by atoms with Gasteiger partial charge in [-0.05, 0) is 30.7 Å². The minimum atomic E-state index is -0.536. The number of nitrogens with zero attached hydrogens (tertiary/aromatic N) is 1. The number of hydrogen-bond donors (Lipinski definition) is 2. The maximum Gasteiger partial charge on any atom is 0.254 e. The zero-order chi connectivity index (χ0) is 14.7. The molecule has 1 unspecified atom stereocenters. The lowest BCUT2D eigenvalue weighted by atomic mass is 10.1. The van der Waals surface area contributed by atoms with Gasteiger partial charge < -0.3 is 15.5 Å². The summed E-state index contributed by atoms with van der Waals surface area (Å²) in [5.41, 5.74) is 0.821. The number of amides is 2. The molecule has 108 valence electrons. The van der Waals surface area contributed by atoms with Crippen LogP contribution in [0.25, 0.3) is 0 Å². The predicted molar refractivity (Wildman–Crippen MR) is 72.9 cm³/mol. The van der Waals surface area contributed by atoms with Gasteiger partial charge in [-0.15, -0.1) is 0 Å². The first-order chi connectivity index (χ1) is 9.54. The molecule has 5 nitrogen and oxygen atoms in total. The molecule has 0 spiro atoms. The highest BCUT2D eigenvalue weighted by Crippen LogP contribution is 2.14. The smallest absolute Gasteiger partial charge is 0.254 e. The van der Waals surface area contributed by atoms with Crippen molar-refractivity contribution in [3.63, 3.8) is 0 Å². The Morgan fingerprint density at radius 1 is 1.45 bits per heavy atom. The van der Waals surface area contributed by atoms with Crippen LogP contribution in [0.15, 0.2) is 18.2 Å². The second kappa shape index (κ2) is 6.00. The van der Waals surface area contributed by atoms with Gasteiger partial charge in [-0.2, -0.15) is 0 Å². The van der Waals surface area contributed by atoms with Gasteiger partial charge in [0.15, 0.2) is 0 Å². The lowest BCUT2D eigenvalue weighted by Crippen LogP contribution is -2.59. The lowest BCUT2D eigenvalue weighted by molar-refractivity contribution is -0.125. The van der Waals surface area contributed by atoms with Gasteiger partial charge in [-0.25, -0.2) is 4.39 Å². The van der Waals surface area contributed by atoms with Gasteiger partial charge in [-0.1, -0.05) is 0 Å². The molecule has 2 rings (SSSR count). The standard InChI is InChI=1S/C14H18FN3O2/c1-9-7-10(3-4-11(9)15)14(20)18-6-5-17-8-12(18)13(19)16-2/h3-4,7,12,17H,5-6,8H2,1-2H3,(H,16,19). The molecule has 1 fully saturated rings. The first kappa shape index (κ1) is 14.5. The number of likely N-dealkylation sites (N-methyl/N-ethyl adjacent to an activating group) is 1. The molecule has 0 radical (unpaired) electrons. The summed E-state index contributed by atoms with van der Waals surface area (Å²) in [5.74, 6) is -0.794. The van der Waals surface area contributed by atoms with Gasteiger partial charge in [0, 0.05) is 32.2 Å². The van der Waals surface area contributed by atoms with E-state index in [4.69, 9.17) is 0 Å². The average molecular weight is 279 g/mol. The molecule has 1 saturated heterocycles. The summed E-state index contributed by atoms with van der Waals surface area (Å²) in [6.45, 7) is 3.12. The summed E-state index contributed by atoms with van der Waals surface area (Å²) in [4.78, 5) is 25.8.